The molecule has 2 N–H and O–H groups in total. The van der Waals surface area contributed by atoms with Crippen LogP contribution in [-0.2, 0) is 6.42 Å². The molecule has 0 amide bonds. The molecule has 0 bridgehead atoms. The standard InChI is InChI=1S/C18H16FN/c19-17-9-7-15(8-10-17)18(20)12-13-5-6-14-3-1-2-4-16(14)11-13/h1-11,18H,12,20H2. The molecule has 0 heterocycles. The van der Waals surface area contributed by atoms with Gasteiger partial charge in [-0.2, -0.15) is 0 Å². The van der Waals surface area contributed by atoms with E-state index in [1.165, 1.54) is 28.5 Å². The van der Waals surface area contributed by atoms with E-state index >= 15 is 0 Å². The average Bonchev–Trinajstić information content (AvgIpc) is 2.48. The first-order valence-electron chi connectivity index (χ1n) is 6.71. The van der Waals surface area contributed by atoms with Gasteiger partial charge in [0.15, 0.2) is 0 Å². The average molecular weight is 265 g/mol. The maximum Gasteiger partial charge on any atom is 0.123 e. The lowest BCUT2D eigenvalue weighted by Gasteiger charge is -2.12. The number of halogens is 1. The van der Waals surface area contributed by atoms with Crippen molar-refractivity contribution in [1.29, 1.82) is 0 Å². The lowest BCUT2D eigenvalue weighted by molar-refractivity contribution is 0.624. The third-order valence-corrected chi connectivity index (χ3v) is 3.57. The normalized spacial score (nSPS) is 12.5. The fourth-order valence-corrected chi connectivity index (χ4v) is 2.45. The molecular weight excluding hydrogens is 249 g/mol. The summed E-state index contributed by atoms with van der Waals surface area (Å²) in [7, 11) is 0. The van der Waals surface area contributed by atoms with E-state index in [0.717, 1.165) is 12.0 Å². The number of benzene rings is 3. The van der Waals surface area contributed by atoms with E-state index < -0.39 is 0 Å². The van der Waals surface area contributed by atoms with Gasteiger partial charge in [0.1, 0.15) is 5.82 Å². The number of fused-ring (bicyclic) bond motifs is 1. The second-order valence-corrected chi connectivity index (χ2v) is 5.04. The highest BCUT2D eigenvalue weighted by Crippen LogP contribution is 2.20. The van der Waals surface area contributed by atoms with Crippen LogP contribution in [0.2, 0.25) is 0 Å². The van der Waals surface area contributed by atoms with Crippen molar-refractivity contribution in [3.05, 3.63) is 83.7 Å². The maximum atomic E-state index is 12.9. The Hall–Kier alpha value is -2.19. The van der Waals surface area contributed by atoms with Gasteiger partial charge in [-0.25, -0.2) is 4.39 Å². The molecular formula is C18H16FN. The van der Waals surface area contributed by atoms with Crippen molar-refractivity contribution >= 4 is 10.8 Å². The Morgan fingerprint density at radius 3 is 2.30 bits per heavy atom. The molecule has 0 saturated heterocycles. The van der Waals surface area contributed by atoms with Gasteiger partial charge in [0, 0.05) is 6.04 Å². The van der Waals surface area contributed by atoms with Gasteiger partial charge < -0.3 is 5.73 Å². The molecule has 0 aliphatic rings. The molecule has 0 spiro atoms. The molecule has 100 valence electrons. The summed E-state index contributed by atoms with van der Waals surface area (Å²) in [6.07, 6.45) is 0.746. The lowest BCUT2D eigenvalue weighted by Crippen LogP contribution is -2.13. The first-order valence-corrected chi connectivity index (χ1v) is 6.71. The van der Waals surface area contributed by atoms with E-state index in [2.05, 4.69) is 30.3 Å². The van der Waals surface area contributed by atoms with E-state index in [1.807, 2.05) is 12.1 Å². The Kier molecular flexibility index (Phi) is 3.48. The molecule has 2 heteroatoms. The molecule has 3 aromatic carbocycles. The second kappa shape index (κ2) is 5.43. The van der Waals surface area contributed by atoms with Crippen molar-refractivity contribution in [1.82, 2.24) is 0 Å². The molecule has 1 atom stereocenters. The van der Waals surface area contributed by atoms with Crippen molar-refractivity contribution in [2.45, 2.75) is 12.5 Å². The van der Waals surface area contributed by atoms with Crippen molar-refractivity contribution in [3.63, 3.8) is 0 Å². The van der Waals surface area contributed by atoms with Crippen LogP contribution in [0.25, 0.3) is 10.8 Å². The van der Waals surface area contributed by atoms with Crippen LogP contribution in [0.4, 0.5) is 4.39 Å². The summed E-state index contributed by atoms with van der Waals surface area (Å²) in [5.74, 6) is -0.230. The van der Waals surface area contributed by atoms with Crippen LogP contribution in [0.5, 0.6) is 0 Å². The molecule has 1 unspecified atom stereocenters. The zero-order chi connectivity index (χ0) is 13.9. The summed E-state index contributed by atoms with van der Waals surface area (Å²) >= 11 is 0. The van der Waals surface area contributed by atoms with Crippen LogP contribution in [0.15, 0.2) is 66.7 Å². The smallest absolute Gasteiger partial charge is 0.123 e. The minimum absolute atomic E-state index is 0.114. The van der Waals surface area contributed by atoms with Gasteiger partial charge in [-0.05, 0) is 40.5 Å². The Bertz CT molecular complexity index is 719. The highest BCUT2D eigenvalue weighted by molar-refractivity contribution is 5.83. The van der Waals surface area contributed by atoms with Gasteiger partial charge in [-0.1, -0.05) is 54.6 Å². The van der Waals surface area contributed by atoms with Gasteiger partial charge in [0.25, 0.3) is 0 Å². The predicted octanol–water partition coefficient (Wildman–Crippen LogP) is 4.22. The summed E-state index contributed by atoms with van der Waals surface area (Å²) in [6.45, 7) is 0. The van der Waals surface area contributed by atoms with E-state index in [9.17, 15) is 4.39 Å². The lowest BCUT2D eigenvalue weighted by atomic mass is 9.98. The fourth-order valence-electron chi connectivity index (χ4n) is 2.45. The monoisotopic (exact) mass is 265 g/mol. The van der Waals surface area contributed by atoms with Gasteiger partial charge in [0.2, 0.25) is 0 Å². The van der Waals surface area contributed by atoms with Gasteiger partial charge >= 0.3 is 0 Å². The van der Waals surface area contributed by atoms with Crippen LogP contribution in [-0.4, -0.2) is 0 Å². The van der Waals surface area contributed by atoms with Crippen LogP contribution < -0.4 is 5.73 Å². The second-order valence-electron chi connectivity index (χ2n) is 5.04. The fraction of sp³-hybridized carbons (Fsp3) is 0.111. The minimum Gasteiger partial charge on any atom is -0.324 e. The van der Waals surface area contributed by atoms with E-state index in [1.54, 1.807) is 12.1 Å². The molecule has 0 aromatic heterocycles. The molecule has 0 aliphatic carbocycles. The van der Waals surface area contributed by atoms with Gasteiger partial charge in [0.05, 0.1) is 0 Å². The summed E-state index contributed by atoms with van der Waals surface area (Å²) < 4.78 is 12.9. The quantitative estimate of drug-likeness (QED) is 0.753. The van der Waals surface area contributed by atoms with Crippen molar-refractivity contribution in [2.24, 2.45) is 5.73 Å². The van der Waals surface area contributed by atoms with Crippen molar-refractivity contribution < 1.29 is 4.39 Å². The van der Waals surface area contributed by atoms with E-state index in [0.29, 0.717) is 0 Å². The molecule has 0 radical (unpaired) electrons. The van der Waals surface area contributed by atoms with E-state index in [-0.39, 0.29) is 11.9 Å². The zero-order valence-corrected chi connectivity index (χ0v) is 11.1. The zero-order valence-electron chi connectivity index (χ0n) is 11.1. The van der Waals surface area contributed by atoms with Crippen molar-refractivity contribution in [2.75, 3.05) is 0 Å². The van der Waals surface area contributed by atoms with Gasteiger partial charge in [-0.15, -0.1) is 0 Å². The first kappa shape index (κ1) is 12.8. The van der Waals surface area contributed by atoms with Crippen LogP contribution in [0.3, 0.4) is 0 Å². The highest BCUT2D eigenvalue weighted by Gasteiger charge is 2.07. The number of nitrogens with two attached hydrogens (primary N) is 1. The number of hydrogen-bond acceptors (Lipinski definition) is 1. The minimum atomic E-state index is -0.230. The Morgan fingerprint density at radius 2 is 1.55 bits per heavy atom. The molecule has 1 nitrogen and oxygen atoms in total. The third-order valence-electron chi connectivity index (χ3n) is 3.57. The van der Waals surface area contributed by atoms with Crippen LogP contribution in [0.1, 0.15) is 17.2 Å². The van der Waals surface area contributed by atoms with Gasteiger partial charge in [-0.3, -0.25) is 0 Å². The Balaban J connectivity index is 1.83. The van der Waals surface area contributed by atoms with Crippen molar-refractivity contribution in [3.8, 4) is 0 Å². The SMILES string of the molecule is NC(Cc1ccc2ccccc2c1)c1ccc(F)cc1. The summed E-state index contributed by atoms with van der Waals surface area (Å²) in [5.41, 5.74) is 8.35. The molecule has 0 saturated carbocycles. The summed E-state index contributed by atoms with van der Waals surface area (Å²) in [4.78, 5) is 0. The molecule has 0 fully saturated rings. The number of rotatable bonds is 3. The van der Waals surface area contributed by atoms with E-state index in [4.69, 9.17) is 5.73 Å². The molecule has 20 heavy (non-hydrogen) atoms. The predicted molar refractivity (Wildman–Crippen MR) is 81.0 cm³/mol. The highest BCUT2D eigenvalue weighted by atomic mass is 19.1. The first-order chi connectivity index (χ1) is 9.72. The Labute approximate surface area is 117 Å². The van der Waals surface area contributed by atoms with Crippen LogP contribution >= 0.6 is 0 Å². The number of hydrogen-bond donors (Lipinski definition) is 1. The van der Waals surface area contributed by atoms with Crippen LogP contribution in [0, 0.1) is 5.82 Å². The molecule has 3 aromatic rings. The topological polar surface area (TPSA) is 26.0 Å². The largest absolute Gasteiger partial charge is 0.324 e. The molecule has 3 rings (SSSR count). The third kappa shape index (κ3) is 2.70. The molecule has 0 aliphatic heterocycles. The summed E-state index contributed by atoms with van der Waals surface area (Å²) in [5, 5.41) is 2.45. The summed E-state index contributed by atoms with van der Waals surface area (Å²) in [6, 6.07) is 20.9. The Morgan fingerprint density at radius 1 is 0.850 bits per heavy atom. The maximum absolute atomic E-state index is 12.9.